The highest BCUT2D eigenvalue weighted by Gasteiger charge is 2.60. The van der Waals surface area contributed by atoms with Gasteiger partial charge in [-0.25, -0.2) is 9.96 Å². The Bertz CT molecular complexity index is 1400. The summed E-state index contributed by atoms with van der Waals surface area (Å²) < 4.78 is 5.30. The van der Waals surface area contributed by atoms with Gasteiger partial charge in [-0.1, -0.05) is 66.7 Å². The fourth-order valence-electron chi connectivity index (χ4n) is 5.04. The molecule has 2 aliphatic rings. The Morgan fingerprint density at radius 2 is 1.47 bits per heavy atom. The van der Waals surface area contributed by atoms with Crippen molar-refractivity contribution in [3.05, 3.63) is 103 Å². The number of nitrogens with zero attached hydrogens (tertiary/aromatic N) is 2. The number of hydroxylamine groups is 1. The van der Waals surface area contributed by atoms with Gasteiger partial charge in [0.05, 0.1) is 24.5 Å². The van der Waals surface area contributed by atoms with Crippen molar-refractivity contribution < 1.29 is 19.2 Å². The first-order valence-corrected chi connectivity index (χ1v) is 11.2. The maximum absolute atomic E-state index is 13.9. The van der Waals surface area contributed by atoms with Crippen LogP contribution in [0.5, 0.6) is 5.75 Å². The van der Waals surface area contributed by atoms with Crippen LogP contribution < -0.4 is 14.7 Å². The molecule has 0 bridgehead atoms. The monoisotopic (exact) mass is 450 g/mol. The zero-order chi connectivity index (χ0) is 23.2. The van der Waals surface area contributed by atoms with Gasteiger partial charge in [0.2, 0.25) is 5.91 Å². The molecule has 0 spiro atoms. The van der Waals surface area contributed by atoms with Gasteiger partial charge in [-0.05, 0) is 40.6 Å². The summed E-state index contributed by atoms with van der Waals surface area (Å²) in [5.74, 6) is -0.760. The van der Waals surface area contributed by atoms with E-state index in [4.69, 9.17) is 9.57 Å². The number of hydrogen-bond acceptors (Lipinski definition) is 5. The highest BCUT2D eigenvalue weighted by molar-refractivity contribution is 6.24. The van der Waals surface area contributed by atoms with Gasteiger partial charge < -0.3 is 4.74 Å². The molecule has 2 saturated heterocycles. The van der Waals surface area contributed by atoms with Crippen LogP contribution in [0.15, 0.2) is 97.1 Å². The number of imide groups is 1. The molecular weight excluding hydrogens is 428 g/mol. The van der Waals surface area contributed by atoms with E-state index in [1.807, 2.05) is 72.8 Å². The molecule has 4 aromatic rings. The number of hydrogen-bond donors (Lipinski definition) is 0. The van der Waals surface area contributed by atoms with Crippen LogP contribution in [0.1, 0.15) is 11.6 Å². The Labute approximate surface area is 196 Å². The molecule has 6 rings (SSSR count). The summed E-state index contributed by atoms with van der Waals surface area (Å²) in [4.78, 5) is 34.9. The summed E-state index contributed by atoms with van der Waals surface area (Å²) in [5, 5.41) is 3.83. The van der Waals surface area contributed by atoms with Gasteiger partial charge in [0.15, 0.2) is 6.10 Å². The van der Waals surface area contributed by atoms with Gasteiger partial charge in [0.25, 0.3) is 5.91 Å². The van der Waals surface area contributed by atoms with E-state index in [1.54, 1.807) is 36.4 Å². The quantitative estimate of drug-likeness (QED) is 0.414. The van der Waals surface area contributed by atoms with E-state index in [0.29, 0.717) is 11.4 Å². The molecule has 34 heavy (non-hydrogen) atoms. The highest BCUT2D eigenvalue weighted by Crippen LogP contribution is 2.49. The van der Waals surface area contributed by atoms with E-state index in [-0.39, 0.29) is 11.8 Å². The highest BCUT2D eigenvalue weighted by atomic mass is 16.7. The maximum atomic E-state index is 13.9. The normalized spacial score (nSPS) is 21.9. The molecule has 2 amide bonds. The van der Waals surface area contributed by atoms with Crippen molar-refractivity contribution in [3.8, 4) is 5.75 Å². The molecule has 0 aromatic heterocycles. The molecule has 168 valence electrons. The molecule has 0 radical (unpaired) electrons. The summed E-state index contributed by atoms with van der Waals surface area (Å²) in [6.45, 7) is 0. The molecule has 4 aromatic carbocycles. The number of ether oxygens (including phenoxy) is 1. The topological polar surface area (TPSA) is 59.1 Å². The van der Waals surface area contributed by atoms with E-state index in [9.17, 15) is 9.59 Å². The van der Waals surface area contributed by atoms with Gasteiger partial charge in [-0.2, -0.15) is 0 Å². The van der Waals surface area contributed by atoms with Crippen molar-refractivity contribution in [2.45, 2.75) is 12.1 Å². The molecule has 0 saturated carbocycles. The molecule has 3 atom stereocenters. The minimum Gasteiger partial charge on any atom is -0.497 e. The van der Waals surface area contributed by atoms with E-state index in [1.165, 1.54) is 4.90 Å². The van der Waals surface area contributed by atoms with E-state index < -0.39 is 18.1 Å². The summed E-state index contributed by atoms with van der Waals surface area (Å²) in [6.07, 6.45) is -0.914. The van der Waals surface area contributed by atoms with E-state index >= 15 is 0 Å². The molecule has 0 unspecified atom stereocenters. The zero-order valence-electron chi connectivity index (χ0n) is 18.5. The van der Waals surface area contributed by atoms with Gasteiger partial charge >= 0.3 is 0 Å². The molecule has 2 heterocycles. The summed E-state index contributed by atoms with van der Waals surface area (Å²) in [7, 11) is 1.55. The van der Waals surface area contributed by atoms with Crippen molar-refractivity contribution in [2.75, 3.05) is 17.1 Å². The van der Waals surface area contributed by atoms with Gasteiger partial charge in [-0.15, -0.1) is 0 Å². The predicted molar refractivity (Wildman–Crippen MR) is 129 cm³/mol. The van der Waals surface area contributed by atoms with Crippen molar-refractivity contribution >= 4 is 34.0 Å². The number of anilines is 2. The largest absolute Gasteiger partial charge is 0.497 e. The van der Waals surface area contributed by atoms with E-state index in [2.05, 4.69) is 0 Å². The third-order valence-electron chi connectivity index (χ3n) is 6.58. The minimum absolute atomic E-state index is 0.278. The first-order chi connectivity index (χ1) is 16.7. The average molecular weight is 450 g/mol. The number of fused-ring (bicyclic) bond motifs is 2. The molecular formula is C28H22N2O4. The Morgan fingerprint density at radius 3 is 2.29 bits per heavy atom. The van der Waals surface area contributed by atoms with Crippen LogP contribution in [-0.2, 0) is 14.4 Å². The predicted octanol–water partition coefficient (Wildman–Crippen LogP) is 4.90. The number of para-hydroxylation sites is 1. The third-order valence-corrected chi connectivity index (χ3v) is 6.58. The number of rotatable bonds is 4. The van der Waals surface area contributed by atoms with Crippen LogP contribution in [0, 0.1) is 5.92 Å². The first-order valence-electron chi connectivity index (χ1n) is 11.2. The lowest BCUT2D eigenvalue weighted by atomic mass is 9.87. The minimum atomic E-state index is -0.914. The van der Waals surface area contributed by atoms with E-state index in [0.717, 1.165) is 22.0 Å². The molecule has 0 N–H and O–H groups in total. The fourth-order valence-corrected chi connectivity index (χ4v) is 5.04. The van der Waals surface area contributed by atoms with Crippen molar-refractivity contribution in [2.24, 2.45) is 5.92 Å². The number of carbonyl (C=O) groups excluding carboxylic acids is 2. The molecule has 6 heteroatoms. The second-order valence-electron chi connectivity index (χ2n) is 8.44. The fraction of sp³-hybridized carbons (Fsp3) is 0.143. The lowest BCUT2D eigenvalue weighted by molar-refractivity contribution is -0.126. The van der Waals surface area contributed by atoms with Gasteiger partial charge in [0.1, 0.15) is 11.7 Å². The standard InChI is InChI=1S/C28H22N2O4/c1-33-21-14-8-13-20(17-21)29-27(31)24-25(23-16-7-10-18-9-5-6-15-22(18)23)30(34-26(24)28(29)32)19-11-3-2-4-12-19/h2-17,24-26H,1H3/t24-,25-,26-/m0/s1. The maximum Gasteiger partial charge on any atom is 0.266 e. The molecule has 2 fully saturated rings. The van der Waals surface area contributed by atoms with Gasteiger partial charge in [0, 0.05) is 6.07 Å². The van der Waals surface area contributed by atoms with Crippen LogP contribution in [0.4, 0.5) is 11.4 Å². The number of carbonyl (C=O) groups is 2. The lowest BCUT2D eigenvalue weighted by Gasteiger charge is -2.29. The third kappa shape index (κ3) is 3.07. The summed E-state index contributed by atoms with van der Waals surface area (Å²) >= 11 is 0. The zero-order valence-corrected chi connectivity index (χ0v) is 18.5. The van der Waals surface area contributed by atoms with Crippen molar-refractivity contribution in [1.82, 2.24) is 0 Å². The SMILES string of the molecule is COc1cccc(N2C(=O)[C@@H]3[C@H](ON(c4ccccc4)[C@H]3c3cccc4ccccc34)C2=O)c1. The summed E-state index contributed by atoms with van der Waals surface area (Å²) in [5.41, 5.74) is 2.22. The molecule has 2 aliphatic heterocycles. The molecule has 6 nitrogen and oxygen atoms in total. The number of amides is 2. The smallest absolute Gasteiger partial charge is 0.266 e. The second-order valence-corrected chi connectivity index (χ2v) is 8.44. The number of methoxy groups -OCH3 is 1. The van der Waals surface area contributed by atoms with Crippen LogP contribution in [-0.4, -0.2) is 25.0 Å². The molecule has 0 aliphatic carbocycles. The Balaban J connectivity index is 1.50. The van der Waals surface area contributed by atoms with Crippen LogP contribution in [0.2, 0.25) is 0 Å². The van der Waals surface area contributed by atoms with Crippen molar-refractivity contribution in [3.63, 3.8) is 0 Å². The lowest BCUT2D eigenvalue weighted by Crippen LogP contribution is -2.37. The van der Waals surface area contributed by atoms with Crippen LogP contribution in [0.25, 0.3) is 10.8 Å². The Kier molecular flexibility index (Phi) is 4.81. The Hall–Kier alpha value is -4.16. The Morgan fingerprint density at radius 1 is 0.765 bits per heavy atom. The van der Waals surface area contributed by atoms with Gasteiger partial charge in [-0.3, -0.25) is 14.4 Å². The number of benzene rings is 4. The summed E-state index contributed by atoms with van der Waals surface area (Å²) in [6, 6.07) is 30.2. The van der Waals surface area contributed by atoms with Crippen LogP contribution >= 0.6 is 0 Å². The van der Waals surface area contributed by atoms with Crippen molar-refractivity contribution in [1.29, 1.82) is 0 Å². The second kappa shape index (κ2) is 8.01. The average Bonchev–Trinajstić information content (AvgIpc) is 3.40. The van der Waals surface area contributed by atoms with Crippen LogP contribution in [0.3, 0.4) is 0 Å². The first kappa shape index (κ1) is 20.4.